The Kier molecular flexibility index (Phi) is 5.67. The van der Waals surface area contributed by atoms with Gasteiger partial charge < -0.3 is 15.4 Å². The van der Waals surface area contributed by atoms with Crippen molar-refractivity contribution < 1.29 is 4.74 Å². The number of rotatable bonds is 6. The molecule has 3 nitrogen and oxygen atoms in total. The zero-order chi connectivity index (χ0) is 13.5. The standard InChI is InChI=1S/C16H26N2O/c1-2-12-19-15-8-6-14(7-9-15)16(17)13-18-10-4-3-5-11-18/h6-9,16H,2-5,10-13,17H2,1H3. The first-order chi connectivity index (χ1) is 9.29. The van der Waals surface area contributed by atoms with E-state index in [2.05, 4.69) is 24.0 Å². The number of hydrogen-bond donors (Lipinski definition) is 1. The van der Waals surface area contributed by atoms with Crippen LogP contribution in [-0.4, -0.2) is 31.1 Å². The van der Waals surface area contributed by atoms with E-state index in [9.17, 15) is 0 Å². The predicted octanol–water partition coefficient (Wildman–Crippen LogP) is 2.96. The molecule has 2 rings (SSSR count). The summed E-state index contributed by atoms with van der Waals surface area (Å²) in [5.41, 5.74) is 7.50. The van der Waals surface area contributed by atoms with Crippen molar-refractivity contribution in [3.63, 3.8) is 0 Å². The molecule has 1 aromatic rings. The molecule has 19 heavy (non-hydrogen) atoms. The van der Waals surface area contributed by atoms with Gasteiger partial charge in [-0.05, 0) is 50.0 Å². The molecule has 1 aliphatic heterocycles. The summed E-state index contributed by atoms with van der Waals surface area (Å²) in [5, 5.41) is 0. The molecule has 1 atom stereocenters. The highest BCUT2D eigenvalue weighted by atomic mass is 16.5. The molecule has 1 aliphatic rings. The summed E-state index contributed by atoms with van der Waals surface area (Å²) >= 11 is 0. The molecule has 1 heterocycles. The molecule has 0 aromatic heterocycles. The van der Waals surface area contributed by atoms with Gasteiger partial charge in [0.25, 0.3) is 0 Å². The summed E-state index contributed by atoms with van der Waals surface area (Å²) in [6.45, 7) is 6.26. The van der Waals surface area contributed by atoms with E-state index in [0.29, 0.717) is 0 Å². The van der Waals surface area contributed by atoms with E-state index in [-0.39, 0.29) is 6.04 Å². The lowest BCUT2D eigenvalue weighted by Crippen LogP contribution is -2.36. The minimum atomic E-state index is 0.110. The number of nitrogens with zero attached hydrogens (tertiary/aromatic N) is 1. The molecular weight excluding hydrogens is 236 g/mol. The van der Waals surface area contributed by atoms with Crippen LogP contribution in [0.1, 0.15) is 44.2 Å². The molecule has 106 valence electrons. The summed E-state index contributed by atoms with van der Waals surface area (Å²) < 4.78 is 5.59. The normalized spacial score (nSPS) is 18.2. The predicted molar refractivity (Wildman–Crippen MR) is 79.4 cm³/mol. The highest BCUT2D eigenvalue weighted by Gasteiger charge is 2.14. The van der Waals surface area contributed by atoms with E-state index < -0.39 is 0 Å². The van der Waals surface area contributed by atoms with Crippen LogP contribution in [0.5, 0.6) is 5.75 Å². The zero-order valence-electron chi connectivity index (χ0n) is 12.0. The van der Waals surface area contributed by atoms with Crippen LogP contribution in [0.3, 0.4) is 0 Å². The van der Waals surface area contributed by atoms with Crippen molar-refractivity contribution in [3.8, 4) is 5.75 Å². The maximum Gasteiger partial charge on any atom is 0.119 e. The quantitative estimate of drug-likeness (QED) is 0.856. The molecule has 0 saturated carbocycles. The smallest absolute Gasteiger partial charge is 0.119 e. The van der Waals surface area contributed by atoms with Crippen molar-refractivity contribution in [2.24, 2.45) is 5.73 Å². The first-order valence-electron chi connectivity index (χ1n) is 7.50. The minimum Gasteiger partial charge on any atom is -0.494 e. The number of ether oxygens (including phenoxy) is 1. The van der Waals surface area contributed by atoms with Crippen molar-refractivity contribution in [1.29, 1.82) is 0 Å². The Hall–Kier alpha value is -1.06. The lowest BCUT2D eigenvalue weighted by atomic mass is 10.1. The van der Waals surface area contributed by atoms with Gasteiger partial charge in [-0.25, -0.2) is 0 Å². The molecule has 2 N–H and O–H groups in total. The van der Waals surface area contributed by atoms with Gasteiger partial charge in [-0.2, -0.15) is 0 Å². The summed E-state index contributed by atoms with van der Waals surface area (Å²) in [4.78, 5) is 2.48. The van der Waals surface area contributed by atoms with Crippen molar-refractivity contribution in [2.75, 3.05) is 26.2 Å². The number of nitrogens with two attached hydrogens (primary N) is 1. The van der Waals surface area contributed by atoms with Crippen LogP contribution in [0.2, 0.25) is 0 Å². The van der Waals surface area contributed by atoms with Gasteiger partial charge >= 0.3 is 0 Å². The van der Waals surface area contributed by atoms with Gasteiger partial charge in [-0.15, -0.1) is 0 Å². The van der Waals surface area contributed by atoms with Crippen LogP contribution in [0.25, 0.3) is 0 Å². The Morgan fingerprint density at radius 3 is 2.47 bits per heavy atom. The summed E-state index contributed by atoms with van der Waals surface area (Å²) in [7, 11) is 0. The molecule has 0 aliphatic carbocycles. The monoisotopic (exact) mass is 262 g/mol. The number of benzene rings is 1. The van der Waals surface area contributed by atoms with E-state index in [0.717, 1.165) is 25.3 Å². The lowest BCUT2D eigenvalue weighted by Gasteiger charge is -2.29. The van der Waals surface area contributed by atoms with Crippen LogP contribution >= 0.6 is 0 Å². The Balaban J connectivity index is 1.85. The van der Waals surface area contributed by atoms with E-state index in [1.54, 1.807) is 0 Å². The molecule has 1 fully saturated rings. The fourth-order valence-electron chi connectivity index (χ4n) is 2.56. The number of likely N-dealkylation sites (tertiary alicyclic amines) is 1. The van der Waals surface area contributed by atoms with Crippen LogP contribution in [0.4, 0.5) is 0 Å². The molecule has 1 aromatic carbocycles. The van der Waals surface area contributed by atoms with E-state index >= 15 is 0 Å². The molecular formula is C16H26N2O. The summed E-state index contributed by atoms with van der Waals surface area (Å²) in [6, 6.07) is 8.36. The van der Waals surface area contributed by atoms with Gasteiger partial charge in [0, 0.05) is 12.6 Å². The second-order valence-corrected chi connectivity index (χ2v) is 5.39. The molecule has 3 heteroatoms. The molecule has 0 amide bonds. The molecule has 0 radical (unpaired) electrons. The van der Waals surface area contributed by atoms with Crippen LogP contribution in [0, 0.1) is 0 Å². The van der Waals surface area contributed by atoms with Crippen LogP contribution in [0.15, 0.2) is 24.3 Å². The van der Waals surface area contributed by atoms with Gasteiger partial charge in [0.1, 0.15) is 5.75 Å². The van der Waals surface area contributed by atoms with Crippen molar-refractivity contribution in [3.05, 3.63) is 29.8 Å². The largest absolute Gasteiger partial charge is 0.494 e. The third kappa shape index (κ3) is 4.51. The molecule has 0 bridgehead atoms. The van der Waals surface area contributed by atoms with Crippen molar-refractivity contribution in [2.45, 2.75) is 38.6 Å². The third-order valence-corrected chi connectivity index (χ3v) is 3.68. The fourth-order valence-corrected chi connectivity index (χ4v) is 2.56. The zero-order valence-corrected chi connectivity index (χ0v) is 12.0. The van der Waals surface area contributed by atoms with Gasteiger partial charge in [0.2, 0.25) is 0 Å². The average Bonchev–Trinajstić information content (AvgIpc) is 2.46. The van der Waals surface area contributed by atoms with E-state index in [4.69, 9.17) is 10.5 Å². The number of piperidine rings is 1. The fraction of sp³-hybridized carbons (Fsp3) is 0.625. The Morgan fingerprint density at radius 1 is 1.16 bits per heavy atom. The topological polar surface area (TPSA) is 38.5 Å². The molecule has 1 unspecified atom stereocenters. The van der Waals surface area contributed by atoms with Crippen molar-refractivity contribution >= 4 is 0 Å². The summed E-state index contributed by atoms with van der Waals surface area (Å²) in [5.74, 6) is 0.941. The van der Waals surface area contributed by atoms with E-state index in [1.165, 1.54) is 37.9 Å². The van der Waals surface area contributed by atoms with Crippen LogP contribution < -0.4 is 10.5 Å². The second-order valence-electron chi connectivity index (χ2n) is 5.39. The first-order valence-corrected chi connectivity index (χ1v) is 7.50. The molecule has 0 spiro atoms. The van der Waals surface area contributed by atoms with Gasteiger partial charge in [-0.1, -0.05) is 25.5 Å². The van der Waals surface area contributed by atoms with Crippen molar-refractivity contribution in [1.82, 2.24) is 4.90 Å². The highest BCUT2D eigenvalue weighted by molar-refractivity contribution is 5.29. The second kappa shape index (κ2) is 7.51. The lowest BCUT2D eigenvalue weighted by molar-refractivity contribution is 0.216. The summed E-state index contributed by atoms with van der Waals surface area (Å²) in [6.07, 6.45) is 5.04. The first kappa shape index (κ1) is 14.4. The highest BCUT2D eigenvalue weighted by Crippen LogP contribution is 2.19. The SMILES string of the molecule is CCCOc1ccc(C(N)CN2CCCCC2)cc1. The average molecular weight is 262 g/mol. The van der Waals surface area contributed by atoms with Gasteiger partial charge in [-0.3, -0.25) is 0 Å². The Labute approximate surface area is 116 Å². The van der Waals surface area contributed by atoms with Gasteiger partial charge in [0.15, 0.2) is 0 Å². The maximum absolute atomic E-state index is 6.29. The maximum atomic E-state index is 6.29. The van der Waals surface area contributed by atoms with Crippen LogP contribution in [-0.2, 0) is 0 Å². The molecule has 1 saturated heterocycles. The third-order valence-electron chi connectivity index (χ3n) is 3.68. The van der Waals surface area contributed by atoms with Gasteiger partial charge in [0.05, 0.1) is 6.61 Å². The minimum absolute atomic E-state index is 0.110. The van der Waals surface area contributed by atoms with E-state index in [1.807, 2.05) is 12.1 Å². The Bertz CT molecular complexity index is 358. The number of hydrogen-bond acceptors (Lipinski definition) is 3. The Morgan fingerprint density at radius 2 is 1.84 bits per heavy atom.